The molecule has 164 valence electrons. The van der Waals surface area contributed by atoms with Gasteiger partial charge in [-0.05, 0) is 37.5 Å². The number of hydrogen-bond donors (Lipinski definition) is 3. The number of carbonyl (C=O) groups is 1. The van der Waals surface area contributed by atoms with Crippen molar-refractivity contribution in [1.29, 1.82) is 0 Å². The molecule has 1 saturated carbocycles. The highest BCUT2D eigenvalue weighted by Crippen LogP contribution is 2.39. The van der Waals surface area contributed by atoms with E-state index in [1.165, 1.54) is 4.57 Å². The fraction of sp³-hybridized carbons (Fsp3) is 0.348. The van der Waals surface area contributed by atoms with Crippen LogP contribution >= 0.6 is 0 Å². The number of amides is 1. The number of rotatable bonds is 7. The highest BCUT2D eigenvalue weighted by molar-refractivity contribution is 6.05. The number of benzene rings is 1. The van der Waals surface area contributed by atoms with Gasteiger partial charge < -0.3 is 10.3 Å². The van der Waals surface area contributed by atoms with Crippen LogP contribution in [-0.2, 0) is 13.0 Å². The van der Waals surface area contributed by atoms with Gasteiger partial charge in [0.05, 0.1) is 22.0 Å². The Morgan fingerprint density at radius 2 is 2.00 bits per heavy atom. The molecule has 0 saturated heterocycles. The van der Waals surface area contributed by atoms with Gasteiger partial charge in [-0.25, -0.2) is 14.8 Å². The smallest absolute Gasteiger partial charge is 0.329 e. The SMILES string of the molecule is CCCn1c(=O)[nH]c(=O)c2c(C(=O)NCCc3nc4ccccc4[nH]3)cc(C3CC3)nc21. The summed E-state index contributed by atoms with van der Waals surface area (Å²) in [5, 5.41) is 3.05. The molecule has 0 unspecified atom stereocenters. The van der Waals surface area contributed by atoms with E-state index in [2.05, 4.69) is 25.3 Å². The van der Waals surface area contributed by atoms with E-state index in [-0.39, 0.29) is 28.4 Å². The van der Waals surface area contributed by atoms with Gasteiger partial charge in [0.25, 0.3) is 11.5 Å². The van der Waals surface area contributed by atoms with Gasteiger partial charge in [0.15, 0.2) is 5.65 Å². The number of H-pyrrole nitrogens is 2. The van der Waals surface area contributed by atoms with Gasteiger partial charge in [0.1, 0.15) is 5.82 Å². The van der Waals surface area contributed by atoms with E-state index >= 15 is 0 Å². The normalized spacial score (nSPS) is 13.7. The highest BCUT2D eigenvalue weighted by atomic mass is 16.2. The van der Waals surface area contributed by atoms with Gasteiger partial charge in [-0.1, -0.05) is 19.1 Å². The van der Waals surface area contributed by atoms with Crippen molar-refractivity contribution in [2.75, 3.05) is 6.54 Å². The second-order valence-corrected chi connectivity index (χ2v) is 8.19. The maximum Gasteiger partial charge on any atom is 0.329 e. The van der Waals surface area contributed by atoms with Crippen molar-refractivity contribution in [2.45, 2.75) is 45.1 Å². The number of fused-ring (bicyclic) bond motifs is 2. The van der Waals surface area contributed by atoms with E-state index in [9.17, 15) is 14.4 Å². The van der Waals surface area contributed by atoms with E-state index in [1.807, 2.05) is 31.2 Å². The average molecular weight is 432 g/mol. The summed E-state index contributed by atoms with van der Waals surface area (Å²) in [4.78, 5) is 52.9. The molecule has 9 heteroatoms. The van der Waals surface area contributed by atoms with Crippen molar-refractivity contribution in [1.82, 2.24) is 29.8 Å². The van der Waals surface area contributed by atoms with Crippen LogP contribution in [0.15, 0.2) is 39.9 Å². The Kier molecular flexibility index (Phi) is 5.08. The first-order chi connectivity index (χ1) is 15.5. The van der Waals surface area contributed by atoms with Crippen LogP contribution in [-0.4, -0.2) is 37.0 Å². The van der Waals surface area contributed by atoms with Crippen molar-refractivity contribution in [2.24, 2.45) is 0 Å². The lowest BCUT2D eigenvalue weighted by atomic mass is 10.1. The fourth-order valence-electron chi connectivity index (χ4n) is 4.01. The van der Waals surface area contributed by atoms with E-state index < -0.39 is 11.2 Å². The summed E-state index contributed by atoms with van der Waals surface area (Å²) in [7, 11) is 0. The topological polar surface area (TPSA) is 126 Å². The zero-order valence-corrected chi connectivity index (χ0v) is 17.8. The number of para-hydroxylation sites is 2. The third-order valence-corrected chi connectivity index (χ3v) is 5.74. The molecule has 1 amide bonds. The standard InChI is InChI=1S/C23H24N6O3/c1-2-11-29-20-19(22(31)28-23(29)32)14(12-17(27-20)13-7-8-13)21(30)24-10-9-18-25-15-5-3-4-6-16(15)26-18/h3-6,12-13H,2,7-11H2,1H3,(H,24,30)(H,25,26)(H,28,31,32). The third-order valence-electron chi connectivity index (χ3n) is 5.74. The Bertz CT molecular complexity index is 1410. The number of hydrogen-bond acceptors (Lipinski definition) is 5. The summed E-state index contributed by atoms with van der Waals surface area (Å²) in [5.41, 5.74) is 2.04. The number of aromatic amines is 2. The number of pyridine rings is 1. The lowest BCUT2D eigenvalue weighted by molar-refractivity contribution is 0.0955. The molecule has 1 aromatic carbocycles. The van der Waals surface area contributed by atoms with E-state index in [0.717, 1.165) is 35.4 Å². The summed E-state index contributed by atoms with van der Waals surface area (Å²) in [6, 6.07) is 9.45. The highest BCUT2D eigenvalue weighted by Gasteiger charge is 2.28. The third kappa shape index (κ3) is 3.70. The lowest BCUT2D eigenvalue weighted by Gasteiger charge is -2.13. The Morgan fingerprint density at radius 3 is 2.75 bits per heavy atom. The molecule has 3 N–H and O–H groups in total. The van der Waals surface area contributed by atoms with Crippen LogP contribution in [0.5, 0.6) is 0 Å². The van der Waals surface area contributed by atoms with Gasteiger partial charge in [-0.2, -0.15) is 0 Å². The minimum absolute atomic E-state index is 0.156. The molecular weight excluding hydrogens is 408 g/mol. The number of nitrogens with one attached hydrogen (secondary N) is 3. The first kappa shape index (κ1) is 20.2. The monoisotopic (exact) mass is 432 g/mol. The minimum atomic E-state index is -0.588. The predicted octanol–water partition coefficient (Wildman–Crippen LogP) is 2.22. The van der Waals surface area contributed by atoms with Gasteiger partial charge in [0.2, 0.25) is 0 Å². The molecule has 9 nitrogen and oxygen atoms in total. The molecule has 0 atom stereocenters. The van der Waals surface area contributed by atoms with Crippen molar-refractivity contribution in [3.63, 3.8) is 0 Å². The molecule has 32 heavy (non-hydrogen) atoms. The molecular formula is C23H24N6O3. The number of aromatic nitrogens is 5. The molecule has 3 heterocycles. The largest absolute Gasteiger partial charge is 0.352 e. The second kappa shape index (κ2) is 8.07. The molecule has 1 aliphatic rings. The number of nitrogens with zero attached hydrogens (tertiary/aromatic N) is 3. The Morgan fingerprint density at radius 1 is 1.19 bits per heavy atom. The van der Waals surface area contributed by atoms with Crippen LogP contribution in [0.2, 0.25) is 0 Å². The molecule has 1 fully saturated rings. The predicted molar refractivity (Wildman–Crippen MR) is 121 cm³/mol. The Labute approximate surface area is 182 Å². The molecule has 4 aromatic rings. The summed E-state index contributed by atoms with van der Waals surface area (Å²) in [6.07, 6.45) is 3.21. The van der Waals surface area contributed by atoms with E-state index in [0.29, 0.717) is 25.9 Å². The van der Waals surface area contributed by atoms with Gasteiger partial charge in [-0.3, -0.25) is 19.1 Å². The second-order valence-electron chi connectivity index (χ2n) is 8.19. The van der Waals surface area contributed by atoms with Gasteiger partial charge in [-0.15, -0.1) is 0 Å². The van der Waals surface area contributed by atoms with Crippen LogP contribution in [0.25, 0.3) is 22.1 Å². The fourth-order valence-corrected chi connectivity index (χ4v) is 4.01. The molecule has 0 aliphatic heterocycles. The number of imidazole rings is 1. The minimum Gasteiger partial charge on any atom is -0.352 e. The lowest BCUT2D eigenvalue weighted by Crippen LogP contribution is -2.34. The van der Waals surface area contributed by atoms with E-state index in [4.69, 9.17) is 0 Å². The zero-order chi connectivity index (χ0) is 22.2. The van der Waals surface area contributed by atoms with Crippen LogP contribution < -0.4 is 16.6 Å². The average Bonchev–Trinajstić information content (AvgIpc) is 3.55. The molecule has 3 aromatic heterocycles. The first-order valence-electron chi connectivity index (χ1n) is 10.9. The van der Waals surface area contributed by atoms with E-state index in [1.54, 1.807) is 6.07 Å². The number of carbonyl (C=O) groups excluding carboxylic acids is 1. The van der Waals surface area contributed by atoms with Crippen molar-refractivity contribution in [3.8, 4) is 0 Å². The molecule has 0 bridgehead atoms. The van der Waals surface area contributed by atoms with Crippen LogP contribution in [0.1, 0.15) is 54.0 Å². The Hall–Kier alpha value is -3.75. The maximum absolute atomic E-state index is 13.1. The zero-order valence-electron chi connectivity index (χ0n) is 17.8. The summed E-state index contributed by atoms with van der Waals surface area (Å²) >= 11 is 0. The molecule has 5 rings (SSSR count). The van der Waals surface area contributed by atoms with Crippen LogP contribution in [0, 0.1) is 0 Å². The quantitative estimate of drug-likeness (QED) is 0.413. The summed E-state index contributed by atoms with van der Waals surface area (Å²) in [6.45, 7) is 2.72. The Balaban J connectivity index is 1.46. The maximum atomic E-state index is 13.1. The number of aryl methyl sites for hydroxylation is 1. The van der Waals surface area contributed by atoms with Crippen molar-refractivity contribution in [3.05, 3.63) is 68.3 Å². The van der Waals surface area contributed by atoms with Crippen molar-refractivity contribution < 1.29 is 4.79 Å². The molecule has 0 radical (unpaired) electrons. The summed E-state index contributed by atoms with van der Waals surface area (Å²) < 4.78 is 1.45. The molecule has 0 spiro atoms. The van der Waals surface area contributed by atoms with Gasteiger partial charge in [0, 0.05) is 31.1 Å². The van der Waals surface area contributed by atoms with Crippen LogP contribution in [0.4, 0.5) is 0 Å². The van der Waals surface area contributed by atoms with Crippen molar-refractivity contribution >= 4 is 28.0 Å². The first-order valence-corrected chi connectivity index (χ1v) is 10.9. The molecule has 1 aliphatic carbocycles. The van der Waals surface area contributed by atoms with Gasteiger partial charge >= 0.3 is 5.69 Å². The van der Waals surface area contributed by atoms with Crippen LogP contribution in [0.3, 0.4) is 0 Å². The summed E-state index contributed by atoms with van der Waals surface area (Å²) in [5.74, 6) is 0.688.